The topological polar surface area (TPSA) is 43.9 Å². The molecule has 0 spiro atoms. The molecule has 3 rings (SSSR count). The van der Waals surface area contributed by atoms with Gasteiger partial charge in [-0.25, -0.2) is 0 Å². The lowest BCUT2D eigenvalue weighted by atomic mass is 9.95. The second kappa shape index (κ2) is 8.30. The van der Waals surface area contributed by atoms with Crippen LogP contribution in [0, 0.1) is 11.8 Å². The summed E-state index contributed by atoms with van der Waals surface area (Å²) >= 11 is 6.08. The molecule has 2 heterocycles. The highest BCUT2D eigenvalue weighted by atomic mass is 35.5. The number of nitrogens with zero attached hydrogens (tertiary/aromatic N) is 3. The number of amides is 2. The Morgan fingerprint density at radius 2 is 1.81 bits per heavy atom. The number of carbonyl (C=O) groups excluding carboxylic acids is 2. The van der Waals surface area contributed by atoms with Gasteiger partial charge < -0.3 is 14.7 Å². The lowest BCUT2D eigenvalue weighted by Crippen LogP contribution is -2.53. The number of hydrogen-bond donors (Lipinski definition) is 0. The largest absolute Gasteiger partial charge is 0.368 e. The molecule has 1 atom stereocenters. The van der Waals surface area contributed by atoms with Crippen LogP contribution in [-0.4, -0.2) is 60.9 Å². The lowest BCUT2D eigenvalue weighted by molar-refractivity contribution is -0.142. The maximum Gasteiger partial charge on any atom is 0.227 e. The summed E-state index contributed by atoms with van der Waals surface area (Å²) in [6, 6.07) is 7.85. The van der Waals surface area contributed by atoms with Gasteiger partial charge in [0.2, 0.25) is 11.8 Å². The Morgan fingerprint density at radius 3 is 2.46 bits per heavy atom. The summed E-state index contributed by atoms with van der Waals surface area (Å²) in [6.45, 7) is 8.26. The summed E-state index contributed by atoms with van der Waals surface area (Å²) < 4.78 is 0. The smallest absolute Gasteiger partial charge is 0.227 e. The summed E-state index contributed by atoms with van der Waals surface area (Å²) in [5.41, 5.74) is 1.11. The van der Waals surface area contributed by atoms with Gasteiger partial charge in [-0.05, 0) is 31.0 Å². The molecule has 0 aliphatic carbocycles. The highest BCUT2D eigenvalue weighted by molar-refractivity contribution is 6.30. The zero-order valence-corrected chi connectivity index (χ0v) is 16.4. The number of carbonyl (C=O) groups is 2. The van der Waals surface area contributed by atoms with Crippen molar-refractivity contribution in [3.8, 4) is 0 Å². The molecule has 26 heavy (non-hydrogen) atoms. The molecule has 2 fully saturated rings. The molecule has 1 aromatic rings. The molecule has 0 saturated carbocycles. The molecular weight excluding hydrogens is 350 g/mol. The van der Waals surface area contributed by atoms with E-state index in [1.807, 2.05) is 41.8 Å². The maximum absolute atomic E-state index is 12.9. The van der Waals surface area contributed by atoms with Gasteiger partial charge in [0.05, 0.1) is 5.92 Å². The number of halogens is 1. The molecule has 1 unspecified atom stereocenters. The number of benzene rings is 1. The molecule has 2 aliphatic heterocycles. The Morgan fingerprint density at radius 1 is 1.08 bits per heavy atom. The Labute approximate surface area is 160 Å². The first-order chi connectivity index (χ1) is 12.5. The highest BCUT2D eigenvalue weighted by Gasteiger charge is 2.33. The van der Waals surface area contributed by atoms with Gasteiger partial charge in [0.25, 0.3) is 0 Å². The number of hydrogen-bond acceptors (Lipinski definition) is 3. The molecule has 2 aliphatic rings. The summed E-state index contributed by atoms with van der Waals surface area (Å²) in [5.74, 6) is 0.305. The lowest BCUT2D eigenvalue weighted by Gasteiger charge is -2.40. The molecule has 6 heteroatoms. The summed E-state index contributed by atoms with van der Waals surface area (Å²) in [4.78, 5) is 31.3. The zero-order valence-electron chi connectivity index (χ0n) is 15.7. The average Bonchev–Trinajstić information content (AvgIpc) is 2.67. The van der Waals surface area contributed by atoms with Crippen molar-refractivity contribution in [2.75, 3.05) is 44.2 Å². The number of piperidine rings is 1. The molecule has 142 valence electrons. The van der Waals surface area contributed by atoms with Gasteiger partial charge in [-0.15, -0.1) is 0 Å². The van der Waals surface area contributed by atoms with E-state index in [1.54, 1.807) is 0 Å². The van der Waals surface area contributed by atoms with Crippen LogP contribution in [0.1, 0.15) is 26.7 Å². The van der Waals surface area contributed by atoms with Crippen LogP contribution >= 0.6 is 11.6 Å². The molecule has 0 bridgehead atoms. The van der Waals surface area contributed by atoms with Crippen LogP contribution in [-0.2, 0) is 9.59 Å². The molecule has 2 saturated heterocycles. The van der Waals surface area contributed by atoms with Crippen LogP contribution < -0.4 is 4.90 Å². The monoisotopic (exact) mass is 377 g/mol. The van der Waals surface area contributed by atoms with Crippen molar-refractivity contribution in [3.05, 3.63) is 29.3 Å². The van der Waals surface area contributed by atoms with E-state index in [-0.39, 0.29) is 23.7 Å². The van der Waals surface area contributed by atoms with Crippen LogP contribution in [0.15, 0.2) is 24.3 Å². The van der Waals surface area contributed by atoms with Crippen molar-refractivity contribution in [1.82, 2.24) is 9.80 Å². The minimum absolute atomic E-state index is 0.00917. The van der Waals surface area contributed by atoms with E-state index in [0.29, 0.717) is 6.54 Å². The van der Waals surface area contributed by atoms with Crippen molar-refractivity contribution < 1.29 is 9.59 Å². The van der Waals surface area contributed by atoms with Crippen molar-refractivity contribution >= 4 is 29.1 Å². The van der Waals surface area contributed by atoms with Crippen molar-refractivity contribution in [2.24, 2.45) is 11.8 Å². The molecule has 0 N–H and O–H groups in total. The normalized spacial score (nSPS) is 21.2. The molecule has 0 radical (unpaired) electrons. The van der Waals surface area contributed by atoms with E-state index in [2.05, 4.69) is 11.0 Å². The summed E-state index contributed by atoms with van der Waals surface area (Å²) in [7, 11) is 0. The molecule has 2 amide bonds. The Balaban J connectivity index is 1.55. The van der Waals surface area contributed by atoms with Crippen molar-refractivity contribution in [2.45, 2.75) is 26.7 Å². The van der Waals surface area contributed by atoms with Crippen LogP contribution in [0.4, 0.5) is 5.69 Å². The SMILES string of the molecule is CC(C)C(=O)N1CCCC(C(=O)N2CCN(c3cccc(Cl)c3)CC2)C1. The van der Waals surface area contributed by atoms with E-state index < -0.39 is 0 Å². The minimum Gasteiger partial charge on any atom is -0.368 e. The van der Waals surface area contributed by atoms with E-state index in [1.165, 1.54) is 0 Å². The third kappa shape index (κ3) is 4.32. The predicted molar refractivity (Wildman–Crippen MR) is 104 cm³/mol. The van der Waals surface area contributed by atoms with Crippen molar-refractivity contribution in [3.63, 3.8) is 0 Å². The number of likely N-dealkylation sites (tertiary alicyclic amines) is 1. The molecular formula is C20H28ClN3O2. The average molecular weight is 378 g/mol. The first-order valence-electron chi connectivity index (χ1n) is 9.54. The number of anilines is 1. The third-order valence-electron chi connectivity index (χ3n) is 5.34. The Hall–Kier alpha value is -1.75. The number of rotatable bonds is 3. The van der Waals surface area contributed by atoms with E-state index in [0.717, 1.165) is 56.3 Å². The third-order valence-corrected chi connectivity index (χ3v) is 5.58. The maximum atomic E-state index is 12.9. The fourth-order valence-electron chi connectivity index (χ4n) is 3.86. The van der Waals surface area contributed by atoms with E-state index in [9.17, 15) is 9.59 Å². The second-order valence-electron chi connectivity index (χ2n) is 7.57. The fraction of sp³-hybridized carbons (Fsp3) is 0.600. The van der Waals surface area contributed by atoms with Crippen molar-refractivity contribution in [1.29, 1.82) is 0 Å². The highest BCUT2D eigenvalue weighted by Crippen LogP contribution is 2.24. The summed E-state index contributed by atoms with van der Waals surface area (Å²) in [6.07, 6.45) is 1.80. The first kappa shape index (κ1) is 19.0. The predicted octanol–water partition coefficient (Wildman–Crippen LogP) is 2.88. The van der Waals surface area contributed by atoms with Gasteiger partial charge in [-0.1, -0.05) is 31.5 Å². The fourth-order valence-corrected chi connectivity index (χ4v) is 4.04. The standard InChI is InChI=1S/C20H28ClN3O2/c1-15(2)19(25)24-8-4-5-16(14-24)20(26)23-11-9-22(10-12-23)18-7-3-6-17(21)13-18/h3,6-7,13,15-16H,4-5,8-12,14H2,1-2H3. The first-order valence-corrected chi connectivity index (χ1v) is 9.91. The van der Waals surface area contributed by atoms with Crippen LogP contribution in [0.3, 0.4) is 0 Å². The molecule has 5 nitrogen and oxygen atoms in total. The molecule has 0 aromatic heterocycles. The molecule has 1 aromatic carbocycles. The van der Waals surface area contributed by atoms with Gasteiger partial charge in [0, 0.05) is 55.9 Å². The van der Waals surface area contributed by atoms with Crippen LogP contribution in [0.25, 0.3) is 0 Å². The van der Waals surface area contributed by atoms with Gasteiger partial charge in [0.15, 0.2) is 0 Å². The minimum atomic E-state index is -0.0517. The van der Waals surface area contributed by atoms with Gasteiger partial charge in [0.1, 0.15) is 0 Å². The van der Waals surface area contributed by atoms with Gasteiger partial charge in [-0.2, -0.15) is 0 Å². The van der Waals surface area contributed by atoms with E-state index >= 15 is 0 Å². The quantitative estimate of drug-likeness (QED) is 0.813. The van der Waals surface area contributed by atoms with Gasteiger partial charge >= 0.3 is 0 Å². The number of piperazine rings is 1. The van der Waals surface area contributed by atoms with Crippen LogP contribution in [0.2, 0.25) is 5.02 Å². The zero-order chi connectivity index (χ0) is 18.7. The summed E-state index contributed by atoms with van der Waals surface area (Å²) in [5, 5.41) is 0.734. The van der Waals surface area contributed by atoms with Crippen LogP contribution in [0.5, 0.6) is 0 Å². The Kier molecular flexibility index (Phi) is 6.07. The second-order valence-corrected chi connectivity index (χ2v) is 8.01. The van der Waals surface area contributed by atoms with Gasteiger partial charge in [-0.3, -0.25) is 9.59 Å². The Bertz CT molecular complexity index is 656. The van der Waals surface area contributed by atoms with E-state index in [4.69, 9.17) is 11.6 Å².